The van der Waals surface area contributed by atoms with E-state index in [0.29, 0.717) is 44.1 Å². The monoisotopic (exact) mass is 474 g/mol. The van der Waals surface area contributed by atoms with E-state index in [9.17, 15) is 8.42 Å². The van der Waals surface area contributed by atoms with Crippen molar-refractivity contribution < 1.29 is 12.9 Å². The average molecular weight is 475 g/mol. The number of anilines is 1. The average Bonchev–Trinajstić information content (AvgIpc) is 3.29. The minimum absolute atomic E-state index is 0.0458. The van der Waals surface area contributed by atoms with Gasteiger partial charge in [0.25, 0.3) is 0 Å². The fourth-order valence-electron chi connectivity index (χ4n) is 3.38. The lowest BCUT2D eigenvalue weighted by atomic mass is 9.98. The maximum Gasteiger partial charge on any atom is 0.237 e. The number of nitrogens with one attached hydrogen (secondary N) is 1. The Kier molecular flexibility index (Phi) is 7.82. The van der Waals surface area contributed by atoms with Gasteiger partial charge in [-0.05, 0) is 38.3 Å². The molecule has 3 rings (SSSR count). The van der Waals surface area contributed by atoms with Crippen molar-refractivity contribution in [3.63, 3.8) is 0 Å². The second-order valence-corrected chi connectivity index (χ2v) is 10.1. The Hall–Kier alpha value is -3.25. The van der Waals surface area contributed by atoms with Gasteiger partial charge in [-0.25, -0.2) is 12.7 Å². The maximum absolute atomic E-state index is 12.5. The highest BCUT2D eigenvalue weighted by Gasteiger charge is 2.33. The number of nitrogens with zero attached hydrogens (tertiary/aromatic N) is 5. The molecule has 12 heteroatoms. The van der Waals surface area contributed by atoms with Gasteiger partial charge in [-0.15, -0.1) is 0 Å². The summed E-state index contributed by atoms with van der Waals surface area (Å²) in [6.07, 6.45) is 1.75. The molecule has 1 fully saturated rings. The van der Waals surface area contributed by atoms with Gasteiger partial charge in [0.2, 0.25) is 27.7 Å². The molecule has 0 amide bonds. The van der Waals surface area contributed by atoms with Crippen LogP contribution in [0.2, 0.25) is 0 Å². The van der Waals surface area contributed by atoms with E-state index in [0.717, 1.165) is 5.69 Å². The number of hydrogen-bond acceptors (Lipinski definition) is 7. The zero-order chi connectivity index (χ0) is 24.0. The molecule has 0 spiro atoms. The summed E-state index contributed by atoms with van der Waals surface area (Å²) in [6, 6.07) is 9.37. The molecule has 1 atom stereocenters. The number of sulfonamides is 1. The van der Waals surface area contributed by atoms with Crippen LogP contribution in [0, 0.1) is 0 Å². The van der Waals surface area contributed by atoms with Crippen LogP contribution in [0.5, 0.6) is 0 Å². The maximum atomic E-state index is 12.5. The molecule has 1 aromatic carbocycles. The molecule has 178 valence electrons. The second kappa shape index (κ2) is 10.6. The number of aromatic nitrogens is 2. The van der Waals surface area contributed by atoms with Crippen molar-refractivity contribution in [2.75, 3.05) is 18.4 Å². The van der Waals surface area contributed by atoms with E-state index in [-0.39, 0.29) is 23.5 Å². The highest BCUT2D eigenvalue weighted by atomic mass is 32.2. The zero-order valence-corrected chi connectivity index (χ0v) is 19.6. The first-order valence-corrected chi connectivity index (χ1v) is 12.2. The number of guanidine groups is 1. The van der Waals surface area contributed by atoms with Gasteiger partial charge in [0.1, 0.15) is 5.82 Å². The molecule has 1 aromatic heterocycles. The molecule has 1 saturated heterocycles. The van der Waals surface area contributed by atoms with Crippen LogP contribution in [0.4, 0.5) is 5.69 Å². The normalized spacial score (nSPS) is 17.6. The lowest BCUT2D eigenvalue weighted by Gasteiger charge is -2.31. The Labute approximate surface area is 193 Å². The van der Waals surface area contributed by atoms with Crippen LogP contribution in [-0.4, -0.2) is 53.0 Å². The molecule has 11 nitrogen and oxygen atoms in total. The molecule has 2 aromatic rings. The number of rotatable bonds is 8. The zero-order valence-electron chi connectivity index (χ0n) is 18.8. The topological polar surface area (TPSA) is 165 Å². The summed E-state index contributed by atoms with van der Waals surface area (Å²) in [7, 11) is -3.28. The fourth-order valence-corrected chi connectivity index (χ4v) is 5.03. The first kappa shape index (κ1) is 24.4. The van der Waals surface area contributed by atoms with Gasteiger partial charge in [0.15, 0.2) is 5.84 Å². The number of amidine groups is 1. The molecule has 1 unspecified atom stereocenters. The Morgan fingerprint density at radius 1 is 1.27 bits per heavy atom. The number of para-hydroxylation sites is 1. The van der Waals surface area contributed by atoms with Gasteiger partial charge in [-0.2, -0.15) is 15.0 Å². The summed E-state index contributed by atoms with van der Waals surface area (Å²) < 4.78 is 32.0. The first-order valence-electron chi connectivity index (χ1n) is 10.7. The highest BCUT2D eigenvalue weighted by Crippen LogP contribution is 2.29. The lowest BCUT2D eigenvalue weighted by Crippen LogP contribution is -2.42. The van der Waals surface area contributed by atoms with E-state index < -0.39 is 15.3 Å². The van der Waals surface area contributed by atoms with Gasteiger partial charge in [0, 0.05) is 24.7 Å². The predicted molar refractivity (Wildman–Crippen MR) is 128 cm³/mol. The summed E-state index contributed by atoms with van der Waals surface area (Å²) in [5, 5.41) is 6.47. The molecular formula is C21H30N8O3S. The number of aliphatic imine (C=N–C) groups is 2. The van der Waals surface area contributed by atoms with Crippen LogP contribution in [0.15, 0.2) is 57.2 Å². The summed E-state index contributed by atoms with van der Waals surface area (Å²) in [4.78, 5) is 12.4. The first-order chi connectivity index (χ1) is 15.7. The molecule has 0 bridgehead atoms. The molecule has 2 heterocycles. The van der Waals surface area contributed by atoms with Crippen LogP contribution in [-0.2, 0) is 10.0 Å². The van der Waals surface area contributed by atoms with Crippen LogP contribution < -0.4 is 16.8 Å². The van der Waals surface area contributed by atoms with Gasteiger partial charge in [-0.3, -0.25) is 0 Å². The molecule has 0 saturated carbocycles. The van der Waals surface area contributed by atoms with Crippen molar-refractivity contribution in [1.82, 2.24) is 14.4 Å². The largest absolute Gasteiger partial charge is 0.380 e. The third-order valence-corrected chi connectivity index (χ3v) is 7.90. The minimum atomic E-state index is -3.28. The van der Waals surface area contributed by atoms with Crippen molar-refractivity contribution in [3.8, 4) is 0 Å². The SMILES string of the molecule is C=C(N=C(N)N=C(N)c1noc(C2CCN(S(=O)(=O)C(C)CC)CC2)n1)Nc1ccccc1. The Bertz CT molecular complexity index is 1120. The van der Waals surface area contributed by atoms with Crippen LogP contribution >= 0.6 is 0 Å². The molecule has 0 radical (unpaired) electrons. The van der Waals surface area contributed by atoms with E-state index in [4.69, 9.17) is 16.0 Å². The quantitative estimate of drug-likeness (QED) is 0.386. The van der Waals surface area contributed by atoms with E-state index in [1.165, 1.54) is 4.31 Å². The van der Waals surface area contributed by atoms with E-state index >= 15 is 0 Å². The second-order valence-electron chi connectivity index (χ2n) is 7.80. The number of nitrogens with two attached hydrogens (primary N) is 2. The Balaban J connectivity index is 1.60. The van der Waals surface area contributed by atoms with E-state index in [2.05, 4.69) is 32.0 Å². The van der Waals surface area contributed by atoms with Crippen molar-refractivity contribution in [2.24, 2.45) is 21.5 Å². The Morgan fingerprint density at radius 2 is 1.94 bits per heavy atom. The van der Waals surface area contributed by atoms with Crippen molar-refractivity contribution >= 4 is 27.5 Å². The summed E-state index contributed by atoms with van der Waals surface area (Å²) in [5.41, 5.74) is 12.6. The predicted octanol–water partition coefficient (Wildman–Crippen LogP) is 1.98. The number of hydrogen-bond donors (Lipinski definition) is 3. The number of piperidine rings is 1. The van der Waals surface area contributed by atoms with Crippen LogP contribution in [0.3, 0.4) is 0 Å². The van der Waals surface area contributed by atoms with E-state index in [1.807, 2.05) is 37.3 Å². The van der Waals surface area contributed by atoms with Crippen molar-refractivity contribution in [1.29, 1.82) is 0 Å². The fraction of sp³-hybridized carbons (Fsp3) is 0.429. The molecular weight excluding hydrogens is 444 g/mol. The highest BCUT2D eigenvalue weighted by molar-refractivity contribution is 7.89. The standard InChI is InChI=1S/C21H30N8O3S/c1-4-14(2)33(30,31)29-12-10-16(11-13-29)20-27-19(28-32-20)18(22)26-21(23)25-15(3)24-17-8-6-5-7-9-17/h5-9,14,16,24H,3-4,10-13H2,1-2H3,(H4,22,23,25,26). The van der Waals surface area contributed by atoms with Crippen LogP contribution in [0.25, 0.3) is 0 Å². The third-order valence-electron chi connectivity index (χ3n) is 5.46. The number of benzene rings is 1. The van der Waals surface area contributed by atoms with Gasteiger partial charge in [0.05, 0.1) is 5.25 Å². The molecule has 1 aliphatic heterocycles. The molecule has 33 heavy (non-hydrogen) atoms. The smallest absolute Gasteiger partial charge is 0.237 e. The molecule has 1 aliphatic rings. The van der Waals surface area contributed by atoms with Gasteiger partial charge < -0.3 is 21.3 Å². The lowest BCUT2D eigenvalue weighted by molar-refractivity contribution is 0.269. The molecule has 5 N–H and O–H groups in total. The minimum Gasteiger partial charge on any atom is -0.380 e. The van der Waals surface area contributed by atoms with Crippen molar-refractivity contribution in [2.45, 2.75) is 44.3 Å². The van der Waals surface area contributed by atoms with Gasteiger partial charge in [-0.1, -0.05) is 36.9 Å². The summed E-state index contributed by atoms with van der Waals surface area (Å²) in [5.74, 6) is 0.576. The van der Waals surface area contributed by atoms with E-state index in [1.54, 1.807) is 6.92 Å². The van der Waals surface area contributed by atoms with Crippen molar-refractivity contribution in [3.05, 3.63) is 54.4 Å². The summed E-state index contributed by atoms with van der Waals surface area (Å²) >= 11 is 0. The molecule has 0 aliphatic carbocycles. The van der Waals surface area contributed by atoms with Gasteiger partial charge >= 0.3 is 0 Å². The Morgan fingerprint density at radius 3 is 2.58 bits per heavy atom. The summed E-state index contributed by atoms with van der Waals surface area (Å²) in [6.45, 7) is 8.21. The van der Waals surface area contributed by atoms with Crippen LogP contribution in [0.1, 0.15) is 50.7 Å². The third kappa shape index (κ3) is 6.17.